The predicted molar refractivity (Wildman–Crippen MR) is 156 cm³/mol. The number of primary amides is 1. The van der Waals surface area contributed by atoms with Gasteiger partial charge in [-0.25, -0.2) is 9.78 Å². The van der Waals surface area contributed by atoms with Crippen molar-refractivity contribution in [1.82, 2.24) is 25.9 Å². The van der Waals surface area contributed by atoms with Crippen LogP contribution in [0.2, 0.25) is 0 Å². The van der Waals surface area contributed by atoms with Gasteiger partial charge in [0.25, 0.3) is 0 Å². The molecule has 4 atom stereocenters. The van der Waals surface area contributed by atoms with Crippen LogP contribution in [0.5, 0.6) is 11.5 Å². The number of nitrogens with zero attached hydrogens (tertiary/aromatic N) is 1. The first kappa shape index (κ1) is 33.1. The molecular formula is C29H35N7O8. The first-order valence-electron chi connectivity index (χ1n) is 13.6. The van der Waals surface area contributed by atoms with Crippen LogP contribution in [0.3, 0.4) is 0 Å². The number of nitrogens with two attached hydrogens (primary N) is 2. The Morgan fingerprint density at radius 1 is 0.750 bits per heavy atom. The van der Waals surface area contributed by atoms with Crippen molar-refractivity contribution in [2.75, 3.05) is 0 Å². The Bertz CT molecular complexity index is 1430. The van der Waals surface area contributed by atoms with E-state index in [2.05, 4.69) is 25.9 Å². The Kier molecular flexibility index (Phi) is 11.8. The summed E-state index contributed by atoms with van der Waals surface area (Å²) in [4.78, 5) is 69.6. The van der Waals surface area contributed by atoms with Gasteiger partial charge in [0, 0.05) is 37.6 Å². The molecule has 0 spiro atoms. The van der Waals surface area contributed by atoms with E-state index in [-0.39, 0.29) is 43.6 Å². The number of phenols is 2. The number of carbonyl (C=O) groups is 5. The van der Waals surface area contributed by atoms with Crippen LogP contribution in [0.15, 0.2) is 61.1 Å². The third-order valence-corrected chi connectivity index (χ3v) is 6.65. The number of aromatic nitrogens is 2. The van der Waals surface area contributed by atoms with Gasteiger partial charge >= 0.3 is 5.97 Å². The number of rotatable bonds is 16. The first-order chi connectivity index (χ1) is 20.9. The second kappa shape index (κ2) is 15.7. The van der Waals surface area contributed by atoms with E-state index in [4.69, 9.17) is 11.5 Å². The van der Waals surface area contributed by atoms with E-state index < -0.39 is 53.8 Å². The second-order valence-corrected chi connectivity index (χ2v) is 10.2. The number of aromatic amines is 1. The second-order valence-electron chi connectivity index (χ2n) is 10.2. The van der Waals surface area contributed by atoms with Gasteiger partial charge in [0.05, 0.1) is 12.4 Å². The van der Waals surface area contributed by atoms with E-state index in [1.807, 2.05) is 0 Å². The topological polar surface area (TPSA) is 263 Å². The number of hydrogen-bond acceptors (Lipinski definition) is 9. The molecule has 4 amide bonds. The fourth-order valence-corrected chi connectivity index (χ4v) is 4.22. The number of benzene rings is 2. The number of hydrogen-bond donors (Lipinski definition) is 9. The number of carbonyl (C=O) groups excluding carboxylic acids is 4. The highest BCUT2D eigenvalue weighted by molar-refractivity contribution is 5.94. The third kappa shape index (κ3) is 10.4. The zero-order chi connectivity index (χ0) is 32.2. The van der Waals surface area contributed by atoms with Crippen molar-refractivity contribution in [3.63, 3.8) is 0 Å². The smallest absolute Gasteiger partial charge is 0.326 e. The van der Waals surface area contributed by atoms with Gasteiger partial charge in [-0.2, -0.15) is 0 Å². The Labute approximate surface area is 252 Å². The maximum Gasteiger partial charge on any atom is 0.326 e. The summed E-state index contributed by atoms with van der Waals surface area (Å²) in [7, 11) is 0. The summed E-state index contributed by atoms with van der Waals surface area (Å²) in [5.41, 5.74) is 12.6. The molecule has 0 aliphatic carbocycles. The molecule has 1 heterocycles. The molecular weight excluding hydrogens is 574 g/mol. The molecule has 11 N–H and O–H groups in total. The molecule has 0 bridgehead atoms. The summed E-state index contributed by atoms with van der Waals surface area (Å²) in [6.45, 7) is 0. The number of H-pyrrole nitrogens is 1. The molecule has 3 rings (SSSR count). The van der Waals surface area contributed by atoms with E-state index in [1.165, 1.54) is 48.9 Å². The molecule has 0 saturated heterocycles. The highest BCUT2D eigenvalue weighted by atomic mass is 16.4. The minimum Gasteiger partial charge on any atom is -0.508 e. The van der Waals surface area contributed by atoms with Crippen molar-refractivity contribution in [3.8, 4) is 11.5 Å². The van der Waals surface area contributed by atoms with Crippen LogP contribution in [0.4, 0.5) is 0 Å². The Hall–Kier alpha value is -5.44. The maximum absolute atomic E-state index is 13.6. The van der Waals surface area contributed by atoms with Crippen molar-refractivity contribution >= 4 is 29.6 Å². The average Bonchev–Trinajstić information content (AvgIpc) is 3.50. The van der Waals surface area contributed by atoms with Crippen LogP contribution in [-0.4, -0.2) is 79.1 Å². The van der Waals surface area contributed by atoms with Crippen molar-refractivity contribution in [2.24, 2.45) is 11.5 Å². The quantitative estimate of drug-likeness (QED) is 0.0954. The standard InChI is InChI=1S/C29H35N7O8/c30-21(9-10-25(31)39)26(40)34-22(11-16-1-5-19(37)6-2-16)27(41)35-23(12-17-3-7-20(38)8-4-17)28(42)36-24(29(43)44)13-18-14-32-15-33-18/h1-8,14-15,21-24,37-38H,9-13,30H2,(H2,31,39)(H,32,33)(H,34,40)(H,35,41)(H,36,42)(H,43,44). The lowest BCUT2D eigenvalue weighted by Gasteiger charge is -2.25. The number of imidazole rings is 1. The van der Waals surface area contributed by atoms with Crippen molar-refractivity contribution in [2.45, 2.75) is 56.3 Å². The Morgan fingerprint density at radius 2 is 1.23 bits per heavy atom. The molecule has 1 aromatic heterocycles. The van der Waals surface area contributed by atoms with Gasteiger partial charge in [0.2, 0.25) is 23.6 Å². The van der Waals surface area contributed by atoms with Crippen LogP contribution in [0.25, 0.3) is 0 Å². The molecule has 234 valence electrons. The van der Waals surface area contributed by atoms with Gasteiger partial charge in [-0.05, 0) is 41.8 Å². The molecule has 44 heavy (non-hydrogen) atoms. The minimum absolute atomic E-state index is 0.0130. The largest absolute Gasteiger partial charge is 0.508 e. The van der Waals surface area contributed by atoms with Gasteiger partial charge in [0.1, 0.15) is 29.6 Å². The Balaban J connectivity index is 1.85. The van der Waals surface area contributed by atoms with E-state index in [1.54, 1.807) is 12.1 Å². The zero-order valence-corrected chi connectivity index (χ0v) is 23.6. The summed E-state index contributed by atoms with van der Waals surface area (Å²) in [5, 5.41) is 36.6. The summed E-state index contributed by atoms with van der Waals surface area (Å²) < 4.78 is 0. The highest BCUT2D eigenvalue weighted by Crippen LogP contribution is 2.14. The van der Waals surface area contributed by atoms with Crippen molar-refractivity contribution in [3.05, 3.63) is 77.9 Å². The molecule has 0 aliphatic heterocycles. The summed E-state index contributed by atoms with van der Waals surface area (Å²) in [6.07, 6.45) is 2.31. The molecule has 0 fully saturated rings. The van der Waals surface area contributed by atoms with E-state index in [9.17, 15) is 39.3 Å². The molecule has 15 nitrogen and oxygen atoms in total. The van der Waals surface area contributed by atoms with Crippen LogP contribution in [0.1, 0.15) is 29.7 Å². The lowest BCUT2D eigenvalue weighted by atomic mass is 10.0. The van der Waals surface area contributed by atoms with Gasteiger partial charge in [-0.1, -0.05) is 24.3 Å². The fourth-order valence-electron chi connectivity index (χ4n) is 4.22. The lowest BCUT2D eigenvalue weighted by molar-refractivity contribution is -0.142. The Morgan fingerprint density at radius 3 is 1.66 bits per heavy atom. The summed E-state index contributed by atoms with van der Waals surface area (Å²) in [5.74, 6) is -4.34. The number of phenolic OH excluding ortho intramolecular Hbond substituents is 2. The van der Waals surface area contributed by atoms with Gasteiger partial charge in [-0.3, -0.25) is 19.2 Å². The van der Waals surface area contributed by atoms with Crippen LogP contribution in [0, 0.1) is 0 Å². The number of carboxylic acid groups (broad SMARTS) is 1. The van der Waals surface area contributed by atoms with Gasteiger partial charge in [0.15, 0.2) is 0 Å². The zero-order valence-electron chi connectivity index (χ0n) is 23.6. The molecule has 0 aliphatic rings. The normalized spacial score (nSPS) is 13.6. The van der Waals surface area contributed by atoms with E-state index in [0.29, 0.717) is 16.8 Å². The summed E-state index contributed by atoms with van der Waals surface area (Å²) >= 11 is 0. The van der Waals surface area contributed by atoms with E-state index >= 15 is 0 Å². The molecule has 3 aromatic rings. The minimum atomic E-state index is -1.36. The number of carboxylic acids is 1. The number of nitrogens with one attached hydrogen (secondary N) is 4. The molecule has 4 unspecified atom stereocenters. The number of aliphatic carboxylic acids is 1. The number of aromatic hydroxyl groups is 2. The highest BCUT2D eigenvalue weighted by Gasteiger charge is 2.31. The monoisotopic (exact) mass is 609 g/mol. The molecule has 15 heteroatoms. The molecule has 2 aromatic carbocycles. The molecule has 0 saturated carbocycles. The summed E-state index contributed by atoms with van der Waals surface area (Å²) in [6, 6.07) is 6.66. The van der Waals surface area contributed by atoms with Crippen LogP contribution >= 0.6 is 0 Å². The van der Waals surface area contributed by atoms with Gasteiger partial charge in [-0.15, -0.1) is 0 Å². The van der Waals surface area contributed by atoms with Gasteiger partial charge < -0.3 is 47.7 Å². The molecule has 0 radical (unpaired) electrons. The van der Waals surface area contributed by atoms with E-state index in [0.717, 1.165) is 0 Å². The lowest BCUT2D eigenvalue weighted by Crippen LogP contribution is -2.58. The van der Waals surface area contributed by atoms with Crippen molar-refractivity contribution in [1.29, 1.82) is 0 Å². The third-order valence-electron chi connectivity index (χ3n) is 6.65. The predicted octanol–water partition coefficient (Wildman–Crippen LogP) is -1.02. The number of amides is 4. The first-order valence-corrected chi connectivity index (χ1v) is 13.6. The average molecular weight is 610 g/mol. The van der Waals surface area contributed by atoms with Crippen LogP contribution in [-0.2, 0) is 43.2 Å². The van der Waals surface area contributed by atoms with Crippen molar-refractivity contribution < 1.29 is 39.3 Å². The van der Waals surface area contributed by atoms with Crippen LogP contribution < -0.4 is 27.4 Å². The maximum atomic E-state index is 13.6. The fraction of sp³-hybridized carbons (Fsp3) is 0.310. The SMILES string of the molecule is NC(=O)CCC(N)C(=O)NC(Cc1ccc(O)cc1)C(=O)NC(Cc1ccc(O)cc1)C(=O)NC(Cc1cnc[nH]1)C(=O)O.